The minimum absolute atomic E-state index is 0.0342. The predicted molar refractivity (Wildman–Crippen MR) is 71.2 cm³/mol. The van der Waals surface area contributed by atoms with E-state index in [0.717, 1.165) is 5.56 Å². The predicted octanol–water partition coefficient (Wildman–Crippen LogP) is 1.89. The molecule has 1 amide bonds. The maximum absolute atomic E-state index is 12.1. The Morgan fingerprint density at radius 3 is 2.60 bits per heavy atom. The molecule has 0 unspecified atom stereocenters. The average Bonchev–Trinajstić information content (AvgIpc) is 2.94. The molecule has 6 nitrogen and oxygen atoms in total. The van der Waals surface area contributed by atoms with Crippen molar-refractivity contribution in [3.05, 3.63) is 42.2 Å². The van der Waals surface area contributed by atoms with Crippen molar-refractivity contribution < 1.29 is 19.2 Å². The fourth-order valence-electron chi connectivity index (χ4n) is 1.77. The summed E-state index contributed by atoms with van der Waals surface area (Å²) in [6, 6.07) is 10.8. The van der Waals surface area contributed by atoms with E-state index in [4.69, 9.17) is 9.63 Å². The van der Waals surface area contributed by atoms with Gasteiger partial charge in [-0.15, -0.1) is 0 Å². The number of hydrogen-bond donors (Lipinski definition) is 1. The van der Waals surface area contributed by atoms with Crippen LogP contribution in [0.5, 0.6) is 0 Å². The van der Waals surface area contributed by atoms with Gasteiger partial charge in [-0.05, 0) is 6.92 Å². The first-order valence-corrected chi connectivity index (χ1v) is 6.15. The van der Waals surface area contributed by atoms with E-state index in [1.165, 1.54) is 11.0 Å². The molecule has 2 rings (SSSR count). The van der Waals surface area contributed by atoms with Crippen molar-refractivity contribution >= 4 is 11.9 Å². The molecule has 6 heteroatoms. The van der Waals surface area contributed by atoms with Crippen LogP contribution in [0.25, 0.3) is 11.3 Å². The minimum atomic E-state index is -1.07. The number of aromatic nitrogens is 1. The first-order chi connectivity index (χ1) is 9.61. The molecule has 0 aliphatic heterocycles. The van der Waals surface area contributed by atoms with Crippen LogP contribution in [0, 0.1) is 0 Å². The lowest BCUT2D eigenvalue weighted by Gasteiger charge is -2.16. The number of carbonyl (C=O) groups is 2. The van der Waals surface area contributed by atoms with Crippen molar-refractivity contribution in [3.63, 3.8) is 0 Å². The van der Waals surface area contributed by atoms with Crippen molar-refractivity contribution in [3.8, 4) is 11.3 Å². The molecule has 1 aromatic carbocycles. The summed E-state index contributed by atoms with van der Waals surface area (Å²) >= 11 is 0. The SMILES string of the molecule is CCN(CC(=O)O)C(=O)c1cc(-c2ccccc2)no1. The molecular weight excluding hydrogens is 260 g/mol. The molecule has 0 saturated carbocycles. The van der Waals surface area contributed by atoms with E-state index in [9.17, 15) is 9.59 Å². The molecule has 0 aliphatic carbocycles. The van der Waals surface area contributed by atoms with Crippen LogP contribution in [-0.2, 0) is 4.79 Å². The highest BCUT2D eigenvalue weighted by atomic mass is 16.5. The smallest absolute Gasteiger partial charge is 0.323 e. The molecule has 2 aromatic rings. The number of amides is 1. The third kappa shape index (κ3) is 3.03. The molecule has 0 saturated heterocycles. The standard InChI is InChI=1S/C14H14N2O4/c1-2-16(9-13(17)18)14(19)12-8-11(15-20-12)10-6-4-3-5-7-10/h3-8H,2,9H2,1H3,(H,17,18). The van der Waals surface area contributed by atoms with Crippen molar-refractivity contribution in [2.45, 2.75) is 6.92 Å². The Balaban J connectivity index is 2.20. The van der Waals surface area contributed by atoms with Gasteiger partial charge in [0.15, 0.2) is 0 Å². The lowest BCUT2D eigenvalue weighted by atomic mass is 10.1. The first kappa shape index (κ1) is 13.8. The van der Waals surface area contributed by atoms with Crippen LogP contribution in [0.4, 0.5) is 0 Å². The van der Waals surface area contributed by atoms with Crippen LogP contribution in [0.1, 0.15) is 17.5 Å². The van der Waals surface area contributed by atoms with Crippen LogP contribution >= 0.6 is 0 Å². The highest BCUT2D eigenvalue weighted by molar-refractivity contribution is 5.94. The highest BCUT2D eigenvalue weighted by Gasteiger charge is 2.21. The second kappa shape index (κ2) is 6.01. The molecule has 0 atom stereocenters. The quantitative estimate of drug-likeness (QED) is 0.900. The summed E-state index contributed by atoms with van der Waals surface area (Å²) < 4.78 is 5.01. The monoisotopic (exact) mass is 274 g/mol. The van der Waals surface area contributed by atoms with Gasteiger partial charge in [0.1, 0.15) is 12.2 Å². The third-order valence-corrected chi connectivity index (χ3v) is 2.79. The van der Waals surface area contributed by atoms with E-state index in [0.29, 0.717) is 5.69 Å². The Hall–Kier alpha value is -2.63. The highest BCUT2D eigenvalue weighted by Crippen LogP contribution is 2.19. The van der Waals surface area contributed by atoms with Crippen molar-refractivity contribution in [1.29, 1.82) is 0 Å². The van der Waals surface area contributed by atoms with Gasteiger partial charge in [-0.3, -0.25) is 9.59 Å². The van der Waals surface area contributed by atoms with Crippen LogP contribution in [0.3, 0.4) is 0 Å². The molecule has 104 valence electrons. The Bertz CT molecular complexity index is 607. The topological polar surface area (TPSA) is 83.6 Å². The summed E-state index contributed by atoms with van der Waals surface area (Å²) in [4.78, 5) is 24.0. The minimum Gasteiger partial charge on any atom is -0.480 e. The zero-order valence-corrected chi connectivity index (χ0v) is 10.9. The van der Waals surface area contributed by atoms with E-state index in [1.807, 2.05) is 30.3 Å². The summed E-state index contributed by atoms with van der Waals surface area (Å²) in [5, 5.41) is 12.6. The Labute approximate surface area is 115 Å². The normalized spacial score (nSPS) is 10.2. The second-order valence-corrected chi connectivity index (χ2v) is 4.16. The summed E-state index contributed by atoms with van der Waals surface area (Å²) in [6.45, 7) is 1.62. The second-order valence-electron chi connectivity index (χ2n) is 4.16. The van der Waals surface area contributed by atoms with Crippen LogP contribution in [0.2, 0.25) is 0 Å². The van der Waals surface area contributed by atoms with Gasteiger partial charge in [0.2, 0.25) is 5.76 Å². The maximum atomic E-state index is 12.1. The number of nitrogens with zero attached hydrogens (tertiary/aromatic N) is 2. The summed E-state index contributed by atoms with van der Waals surface area (Å²) in [5.41, 5.74) is 1.37. The van der Waals surface area contributed by atoms with E-state index in [1.54, 1.807) is 6.92 Å². The van der Waals surface area contributed by atoms with Crippen LogP contribution in [0.15, 0.2) is 40.9 Å². The molecule has 0 radical (unpaired) electrons. The van der Waals surface area contributed by atoms with E-state index < -0.39 is 11.9 Å². The van der Waals surface area contributed by atoms with Gasteiger partial charge >= 0.3 is 5.97 Å². The van der Waals surface area contributed by atoms with Gasteiger partial charge in [0, 0.05) is 18.2 Å². The molecule has 0 aliphatic rings. The number of carbonyl (C=O) groups excluding carboxylic acids is 1. The van der Waals surface area contributed by atoms with Gasteiger partial charge in [0.05, 0.1) is 0 Å². The zero-order chi connectivity index (χ0) is 14.5. The van der Waals surface area contributed by atoms with Crippen molar-refractivity contribution in [2.75, 3.05) is 13.1 Å². The van der Waals surface area contributed by atoms with Crippen LogP contribution < -0.4 is 0 Å². The van der Waals surface area contributed by atoms with Gasteiger partial charge in [0.25, 0.3) is 5.91 Å². The fraction of sp³-hybridized carbons (Fsp3) is 0.214. The number of rotatable bonds is 5. The lowest BCUT2D eigenvalue weighted by Crippen LogP contribution is -2.35. The molecule has 1 aromatic heterocycles. The third-order valence-electron chi connectivity index (χ3n) is 2.79. The molecular formula is C14H14N2O4. The van der Waals surface area contributed by atoms with Crippen LogP contribution in [-0.4, -0.2) is 40.1 Å². The molecule has 1 N–H and O–H groups in total. The number of hydrogen-bond acceptors (Lipinski definition) is 4. The number of carboxylic acid groups (broad SMARTS) is 1. The maximum Gasteiger partial charge on any atom is 0.323 e. The number of likely N-dealkylation sites (N-methyl/N-ethyl adjacent to an activating group) is 1. The molecule has 0 spiro atoms. The average molecular weight is 274 g/mol. The fourth-order valence-corrected chi connectivity index (χ4v) is 1.77. The summed E-state index contributed by atoms with van der Waals surface area (Å²) in [5.74, 6) is -1.51. The van der Waals surface area contributed by atoms with Gasteiger partial charge in [-0.1, -0.05) is 35.5 Å². The van der Waals surface area contributed by atoms with E-state index >= 15 is 0 Å². The summed E-state index contributed by atoms with van der Waals surface area (Å²) in [7, 11) is 0. The first-order valence-electron chi connectivity index (χ1n) is 6.15. The van der Waals surface area contributed by atoms with Crippen molar-refractivity contribution in [2.24, 2.45) is 0 Å². The Morgan fingerprint density at radius 1 is 1.30 bits per heavy atom. The number of benzene rings is 1. The Kier molecular flexibility index (Phi) is 4.14. The summed E-state index contributed by atoms with van der Waals surface area (Å²) in [6.07, 6.45) is 0. The number of aliphatic carboxylic acids is 1. The van der Waals surface area contributed by atoms with E-state index in [2.05, 4.69) is 5.16 Å². The zero-order valence-electron chi connectivity index (χ0n) is 10.9. The Morgan fingerprint density at radius 2 is 2.00 bits per heavy atom. The van der Waals surface area contributed by atoms with Crippen molar-refractivity contribution in [1.82, 2.24) is 10.1 Å². The molecule has 1 heterocycles. The largest absolute Gasteiger partial charge is 0.480 e. The van der Waals surface area contributed by atoms with E-state index in [-0.39, 0.29) is 18.8 Å². The van der Waals surface area contributed by atoms with Gasteiger partial charge in [-0.25, -0.2) is 0 Å². The molecule has 20 heavy (non-hydrogen) atoms. The molecule has 0 fully saturated rings. The molecule has 0 bridgehead atoms. The van der Waals surface area contributed by atoms with Gasteiger partial charge in [-0.2, -0.15) is 0 Å². The van der Waals surface area contributed by atoms with Gasteiger partial charge < -0.3 is 14.5 Å². The number of carboxylic acids is 1. The lowest BCUT2D eigenvalue weighted by molar-refractivity contribution is -0.137.